The zero-order valence-electron chi connectivity index (χ0n) is 13.6. The van der Waals surface area contributed by atoms with E-state index in [2.05, 4.69) is 9.80 Å². The molecule has 3 fully saturated rings. The molecule has 4 heteroatoms. The van der Waals surface area contributed by atoms with E-state index in [0.29, 0.717) is 5.91 Å². The fourth-order valence-electron chi connectivity index (χ4n) is 4.30. The van der Waals surface area contributed by atoms with Gasteiger partial charge in [0.2, 0.25) is 5.91 Å². The Hall–Kier alpha value is -1.42. The number of halogens is 1. The van der Waals surface area contributed by atoms with Crippen LogP contribution in [0.5, 0.6) is 0 Å². The molecule has 23 heavy (non-hydrogen) atoms. The third kappa shape index (κ3) is 3.14. The van der Waals surface area contributed by atoms with Gasteiger partial charge >= 0.3 is 0 Å². The van der Waals surface area contributed by atoms with Crippen LogP contribution in [-0.4, -0.2) is 41.9 Å². The number of hydrogen-bond acceptors (Lipinski definition) is 2. The molecule has 0 aromatic heterocycles. The Balaban J connectivity index is 1.42. The monoisotopic (exact) mass is 316 g/mol. The smallest absolute Gasteiger partial charge is 0.230 e. The van der Waals surface area contributed by atoms with Crippen molar-refractivity contribution >= 4 is 5.91 Å². The van der Waals surface area contributed by atoms with Crippen molar-refractivity contribution in [3.63, 3.8) is 0 Å². The molecule has 1 atom stereocenters. The second kappa shape index (κ2) is 5.90. The predicted octanol–water partition coefficient (Wildman–Crippen LogP) is 3.05. The largest absolute Gasteiger partial charge is 0.342 e. The minimum absolute atomic E-state index is 0.166. The highest BCUT2D eigenvalue weighted by molar-refractivity contribution is 5.84. The normalized spacial score (nSPS) is 28.7. The first kappa shape index (κ1) is 15.1. The van der Waals surface area contributed by atoms with Crippen molar-refractivity contribution in [3.8, 4) is 0 Å². The van der Waals surface area contributed by atoms with Crippen LogP contribution in [0, 0.1) is 17.2 Å². The van der Waals surface area contributed by atoms with Crippen molar-refractivity contribution in [2.45, 2.75) is 38.6 Å². The summed E-state index contributed by atoms with van der Waals surface area (Å²) in [5, 5.41) is 0. The number of carbonyl (C=O) groups excluding carboxylic acids is 1. The second-order valence-electron chi connectivity index (χ2n) is 7.67. The molecule has 124 valence electrons. The fourth-order valence-corrected chi connectivity index (χ4v) is 4.30. The number of hydrogen-bond donors (Lipinski definition) is 0. The van der Waals surface area contributed by atoms with Gasteiger partial charge in [-0.1, -0.05) is 12.1 Å². The molecule has 1 saturated carbocycles. The maximum absolute atomic E-state index is 13.4. The van der Waals surface area contributed by atoms with Gasteiger partial charge in [-0.15, -0.1) is 0 Å². The molecule has 1 amide bonds. The highest BCUT2D eigenvalue weighted by Gasteiger charge is 2.48. The molecule has 4 rings (SSSR count). The van der Waals surface area contributed by atoms with Gasteiger partial charge in [0.25, 0.3) is 0 Å². The maximum Gasteiger partial charge on any atom is 0.230 e. The maximum atomic E-state index is 13.4. The topological polar surface area (TPSA) is 23.6 Å². The minimum Gasteiger partial charge on any atom is -0.342 e. The van der Waals surface area contributed by atoms with E-state index in [4.69, 9.17) is 0 Å². The highest BCUT2D eigenvalue weighted by atomic mass is 19.1. The van der Waals surface area contributed by atoms with Crippen LogP contribution in [-0.2, 0) is 11.3 Å². The Kier molecular flexibility index (Phi) is 3.88. The summed E-state index contributed by atoms with van der Waals surface area (Å²) in [6.45, 7) is 4.45. The molecule has 1 aromatic rings. The summed E-state index contributed by atoms with van der Waals surface area (Å²) >= 11 is 0. The Morgan fingerprint density at radius 1 is 1.22 bits per heavy atom. The van der Waals surface area contributed by atoms with Gasteiger partial charge in [-0.3, -0.25) is 9.69 Å². The SMILES string of the molecule is O=C1N(CC2CC2)CCCC12CCN(Cc1cccc(F)c1)C2. The van der Waals surface area contributed by atoms with Crippen LogP contribution in [0.25, 0.3) is 0 Å². The van der Waals surface area contributed by atoms with Crippen LogP contribution in [0.1, 0.15) is 37.7 Å². The molecule has 1 unspecified atom stereocenters. The molecular weight excluding hydrogens is 291 g/mol. The number of piperidine rings is 1. The van der Waals surface area contributed by atoms with Gasteiger partial charge < -0.3 is 4.90 Å². The molecule has 3 aliphatic rings. The quantitative estimate of drug-likeness (QED) is 0.852. The number of amides is 1. The lowest BCUT2D eigenvalue weighted by atomic mass is 9.78. The van der Waals surface area contributed by atoms with E-state index in [-0.39, 0.29) is 11.2 Å². The van der Waals surface area contributed by atoms with Gasteiger partial charge in [0.1, 0.15) is 5.82 Å². The summed E-state index contributed by atoms with van der Waals surface area (Å²) in [4.78, 5) is 17.5. The van der Waals surface area contributed by atoms with E-state index in [1.807, 2.05) is 6.07 Å². The average Bonchev–Trinajstić information content (AvgIpc) is 3.25. The molecule has 1 spiro atoms. The van der Waals surface area contributed by atoms with Gasteiger partial charge in [0.15, 0.2) is 0 Å². The predicted molar refractivity (Wildman–Crippen MR) is 87.3 cm³/mol. The second-order valence-corrected chi connectivity index (χ2v) is 7.67. The standard InChI is InChI=1S/C19H25FN2O/c20-17-4-1-3-16(11-17)12-21-10-8-19(14-21)7-2-9-22(18(19)23)13-15-5-6-15/h1,3-4,11,15H,2,5-10,12-14H2. The Labute approximate surface area is 137 Å². The van der Waals surface area contributed by atoms with E-state index >= 15 is 0 Å². The Morgan fingerprint density at radius 2 is 2.09 bits per heavy atom. The van der Waals surface area contributed by atoms with Crippen LogP contribution in [0.4, 0.5) is 4.39 Å². The van der Waals surface area contributed by atoms with E-state index in [9.17, 15) is 9.18 Å². The van der Waals surface area contributed by atoms with Gasteiger partial charge in [-0.05, 0) is 62.3 Å². The number of rotatable bonds is 4. The molecule has 2 aliphatic heterocycles. The van der Waals surface area contributed by atoms with Crippen molar-refractivity contribution < 1.29 is 9.18 Å². The van der Waals surface area contributed by atoms with Gasteiger partial charge in [-0.2, -0.15) is 0 Å². The number of likely N-dealkylation sites (tertiary alicyclic amines) is 2. The molecule has 2 heterocycles. The van der Waals surface area contributed by atoms with Crippen molar-refractivity contribution in [1.82, 2.24) is 9.80 Å². The van der Waals surface area contributed by atoms with E-state index < -0.39 is 0 Å². The summed E-state index contributed by atoms with van der Waals surface area (Å²) < 4.78 is 13.4. The molecule has 3 nitrogen and oxygen atoms in total. The van der Waals surface area contributed by atoms with Crippen LogP contribution in [0.15, 0.2) is 24.3 Å². The Bertz CT molecular complexity index is 601. The van der Waals surface area contributed by atoms with E-state index in [1.165, 1.54) is 18.9 Å². The van der Waals surface area contributed by atoms with Crippen LogP contribution in [0.3, 0.4) is 0 Å². The summed E-state index contributed by atoms with van der Waals surface area (Å²) in [6.07, 6.45) is 5.70. The fraction of sp³-hybridized carbons (Fsp3) is 0.632. The first-order valence-electron chi connectivity index (χ1n) is 8.91. The molecule has 0 bridgehead atoms. The first-order chi connectivity index (χ1) is 11.1. The number of benzene rings is 1. The summed E-state index contributed by atoms with van der Waals surface area (Å²) in [7, 11) is 0. The van der Waals surface area contributed by atoms with E-state index in [0.717, 1.165) is 63.5 Å². The van der Waals surface area contributed by atoms with Crippen molar-refractivity contribution in [2.24, 2.45) is 11.3 Å². The first-order valence-corrected chi connectivity index (χ1v) is 8.91. The van der Waals surface area contributed by atoms with Crippen molar-refractivity contribution in [1.29, 1.82) is 0 Å². The van der Waals surface area contributed by atoms with Crippen molar-refractivity contribution in [3.05, 3.63) is 35.6 Å². The van der Waals surface area contributed by atoms with Crippen LogP contribution in [0.2, 0.25) is 0 Å². The highest BCUT2D eigenvalue weighted by Crippen LogP contribution is 2.42. The lowest BCUT2D eigenvalue weighted by Gasteiger charge is -2.39. The lowest BCUT2D eigenvalue weighted by molar-refractivity contribution is -0.145. The van der Waals surface area contributed by atoms with Crippen LogP contribution >= 0.6 is 0 Å². The van der Waals surface area contributed by atoms with Gasteiger partial charge in [-0.25, -0.2) is 4.39 Å². The molecule has 0 radical (unpaired) electrons. The summed E-state index contributed by atoms with van der Waals surface area (Å²) in [5.74, 6) is 0.969. The molecular formula is C19H25FN2O. The van der Waals surface area contributed by atoms with Crippen LogP contribution < -0.4 is 0 Å². The van der Waals surface area contributed by atoms with E-state index in [1.54, 1.807) is 12.1 Å². The third-order valence-electron chi connectivity index (χ3n) is 5.73. The number of nitrogens with zero attached hydrogens (tertiary/aromatic N) is 2. The van der Waals surface area contributed by atoms with Gasteiger partial charge in [0, 0.05) is 26.2 Å². The zero-order valence-corrected chi connectivity index (χ0v) is 13.6. The summed E-state index contributed by atoms with van der Waals surface area (Å²) in [5.41, 5.74) is 0.834. The molecule has 1 aliphatic carbocycles. The Morgan fingerprint density at radius 3 is 2.87 bits per heavy atom. The molecule has 0 N–H and O–H groups in total. The molecule has 1 aromatic carbocycles. The lowest BCUT2D eigenvalue weighted by Crippen LogP contribution is -2.50. The zero-order chi connectivity index (χ0) is 15.9. The summed E-state index contributed by atoms with van der Waals surface area (Å²) in [6, 6.07) is 6.82. The molecule has 2 saturated heterocycles. The van der Waals surface area contributed by atoms with Crippen molar-refractivity contribution in [2.75, 3.05) is 26.2 Å². The third-order valence-corrected chi connectivity index (χ3v) is 5.73. The van der Waals surface area contributed by atoms with Gasteiger partial charge in [0.05, 0.1) is 5.41 Å². The number of carbonyl (C=O) groups is 1. The average molecular weight is 316 g/mol. The minimum atomic E-state index is -0.180.